The van der Waals surface area contributed by atoms with Gasteiger partial charge in [-0.2, -0.15) is 50.5 Å². The van der Waals surface area contributed by atoms with Gasteiger partial charge in [-0.3, -0.25) is 19.2 Å². The fraction of sp³-hybridized carbons (Fsp3) is 0.800. The van der Waals surface area contributed by atoms with Crippen LogP contribution in [-0.4, -0.2) is 54.2 Å². The number of carbonyl (C=O) groups is 4. The molecule has 0 amide bonds. The van der Waals surface area contributed by atoms with Crippen LogP contribution in [-0.2, 0) is 19.2 Å². The van der Waals surface area contributed by atoms with Crippen molar-refractivity contribution in [3.8, 4) is 0 Å². The van der Waals surface area contributed by atoms with Gasteiger partial charge >= 0.3 is 0 Å². The SMILES string of the molecule is O=C(CS)CCC[Si](CCCC(=O)CS)(CCCC(=O)CS)CCCC(=O)CS. The topological polar surface area (TPSA) is 68.3 Å². The molecule has 0 aromatic rings. The highest BCUT2D eigenvalue weighted by atomic mass is 32.1. The molecular formula is C20H36O4S4Si. The second kappa shape index (κ2) is 17.9. The van der Waals surface area contributed by atoms with Gasteiger partial charge < -0.3 is 0 Å². The lowest BCUT2D eigenvalue weighted by Gasteiger charge is -2.32. The maximum Gasteiger partial charge on any atom is 0.142 e. The van der Waals surface area contributed by atoms with Crippen molar-refractivity contribution >= 4 is 81.7 Å². The van der Waals surface area contributed by atoms with Gasteiger partial charge in [0, 0.05) is 48.7 Å². The first-order chi connectivity index (χ1) is 13.8. The average Bonchev–Trinajstić information content (AvgIpc) is 2.72. The highest BCUT2D eigenvalue weighted by Crippen LogP contribution is 2.34. The third kappa shape index (κ3) is 14.9. The molecule has 0 heterocycles. The summed E-state index contributed by atoms with van der Waals surface area (Å²) in [6, 6.07) is 3.97. The summed E-state index contributed by atoms with van der Waals surface area (Å²) in [7, 11) is -1.82. The molecule has 0 aromatic heterocycles. The van der Waals surface area contributed by atoms with Crippen molar-refractivity contribution in [3.05, 3.63) is 0 Å². The number of thiol groups is 4. The van der Waals surface area contributed by atoms with Gasteiger partial charge in [0.15, 0.2) is 0 Å². The lowest BCUT2D eigenvalue weighted by Crippen LogP contribution is -2.34. The Bertz CT molecular complexity index is 435. The number of rotatable bonds is 20. The Kier molecular flexibility index (Phi) is 18.1. The van der Waals surface area contributed by atoms with Crippen molar-refractivity contribution in [2.24, 2.45) is 0 Å². The van der Waals surface area contributed by atoms with Crippen LogP contribution in [0.1, 0.15) is 51.4 Å². The van der Waals surface area contributed by atoms with Crippen molar-refractivity contribution in [2.45, 2.75) is 75.5 Å². The van der Waals surface area contributed by atoms with Crippen molar-refractivity contribution in [3.63, 3.8) is 0 Å². The van der Waals surface area contributed by atoms with Gasteiger partial charge in [0.05, 0.1) is 8.07 Å². The molecule has 0 aliphatic rings. The van der Waals surface area contributed by atoms with E-state index in [4.69, 9.17) is 0 Å². The highest BCUT2D eigenvalue weighted by molar-refractivity contribution is 7.81. The Balaban J connectivity index is 5.14. The summed E-state index contributed by atoms with van der Waals surface area (Å²) < 4.78 is 0. The summed E-state index contributed by atoms with van der Waals surface area (Å²) in [5.74, 6) is 1.65. The molecule has 0 aromatic carbocycles. The van der Waals surface area contributed by atoms with Crippen LogP contribution in [0.25, 0.3) is 0 Å². The molecular weight excluding hydrogens is 461 g/mol. The summed E-state index contributed by atoms with van der Waals surface area (Å²) in [4.78, 5) is 46.8. The second-order valence-electron chi connectivity index (χ2n) is 7.70. The maximum atomic E-state index is 11.7. The van der Waals surface area contributed by atoms with Gasteiger partial charge in [-0.1, -0.05) is 24.2 Å². The molecule has 4 nitrogen and oxygen atoms in total. The Hall–Kier alpha value is 0.297. The fourth-order valence-corrected chi connectivity index (χ4v) is 9.55. The van der Waals surface area contributed by atoms with E-state index in [0.29, 0.717) is 25.7 Å². The number of hydrogen-bond acceptors (Lipinski definition) is 8. The maximum absolute atomic E-state index is 11.7. The molecule has 9 heteroatoms. The van der Waals surface area contributed by atoms with Crippen LogP contribution < -0.4 is 0 Å². The Labute approximate surface area is 198 Å². The third-order valence-corrected chi connectivity index (χ3v) is 12.4. The van der Waals surface area contributed by atoms with E-state index >= 15 is 0 Å². The minimum atomic E-state index is -1.82. The molecule has 0 aliphatic carbocycles. The minimum Gasteiger partial charge on any atom is -0.299 e. The van der Waals surface area contributed by atoms with Crippen molar-refractivity contribution in [2.75, 3.05) is 23.0 Å². The molecule has 0 spiro atoms. The van der Waals surface area contributed by atoms with E-state index in [1.54, 1.807) is 0 Å². The first-order valence-corrected chi connectivity index (χ1v) is 15.7. The molecule has 168 valence electrons. The predicted molar refractivity (Wildman–Crippen MR) is 137 cm³/mol. The largest absolute Gasteiger partial charge is 0.299 e. The second-order valence-corrected chi connectivity index (χ2v) is 14.0. The van der Waals surface area contributed by atoms with Gasteiger partial charge in [0.2, 0.25) is 0 Å². The zero-order valence-corrected chi connectivity index (χ0v) is 21.8. The molecule has 0 aliphatic heterocycles. The number of Topliss-reactive ketones (excluding diaryl/α,β-unsaturated/α-hetero) is 4. The highest BCUT2D eigenvalue weighted by Gasteiger charge is 2.31. The van der Waals surface area contributed by atoms with E-state index in [2.05, 4.69) is 50.5 Å². The third-order valence-electron chi connectivity index (χ3n) is 5.36. The van der Waals surface area contributed by atoms with Gasteiger partial charge in [0.1, 0.15) is 23.1 Å². The number of ketones is 4. The Morgan fingerprint density at radius 3 is 0.828 bits per heavy atom. The molecule has 0 unspecified atom stereocenters. The molecule has 0 atom stereocenters. The molecule has 0 bridgehead atoms. The summed E-state index contributed by atoms with van der Waals surface area (Å²) in [5, 5.41) is 0. The first-order valence-electron chi connectivity index (χ1n) is 10.3. The molecule has 0 fully saturated rings. The summed E-state index contributed by atoms with van der Waals surface area (Å²) in [6.45, 7) is 0. The quantitative estimate of drug-likeness (QED) is 0.147. The first kappa shape index (κ1) is 29.3. The smallest absolute Gasteiger partial charge is 0.142 e. The molecule has 0 saturated carbocycles. The van der Waals surface area contributed by atoms with Crippen LogP contribution in [0.15, 0.2) is 0 Å². The summed E-state index contributed by atoms with van der Waals surface area (Å²) in [6.07, 6.45) is 5.41. The van der Waals surface area contributed by atoms with E-state index in [1.165, 1.54) is 0 Å². The Morgan fingerprint density at radius 1 is 0.448 bits per heavy atom. The average molecular weight is 497 g/mol. The zero-order chi connectivity index (χ0) is 22.1. The van der Waals surface area contributed by atoms with Crippen molar-refractivity contribution < 1.29 is 19.2 Å². The minimum absolute atomic E-state index is 0.150. The lowest BCUT2D eigenvalue weighted by atomic mass is 10.2. The Morgan fingerprint density at radius 2 is 0.655 bits per heavy atom. The van der Waals surface area contributed by atoms with Crippen LogP contribution in [0.2, 0.25) is 24.2 Å². The van der Waals surface area contributed by atoms with E-state index in [0.717, 1.165) is 49.9 Å². The van der Waals surface area contributed by atoms with Crippen LogP contribution in [0.5, 0.6) is 0 Å². The lowest BCUT2D eigenvalue weighted by molar-refractivity contribution is -0.117. The number of hydrogen-bond donors (Lipinski definition) is 4. The van der Waals surface area contributed by atoms with Crippen LogP contribution >= 0.6 is 50.5 Å². The molecule has 0 N–H and O–H groups in total. The monoisotopic (exact) mass is 496 g/mol. The van der Waals surface area contributed by atoms with Crippen LogP contribution in [0.3, 0.4) is 0 Å². The summed E-state index contributed by atoms with van der Waals surface area (Å²) in [5.41, 5.74) is 0. The summed E-state index contributed by atoms with van der Waals surface area (Å²) >= 11 is 16.2. The van der Waals surface area contributed by atoms with Crippen molar-refractivity contribution in [1.29, 1.82) is 0 Å². The van der Waals surface area contributed by atoms with E-state index in [9.17, 15) is 19.2 Å². The fourth-order valence-electron chi connectivity index (χ4n) is 3.71. The van der Waals surface area contributed by atoms with Gasteiger partial charge in [-0.25, -0.2) is 0 Å². The van der Waals surface area contributed by atoms with E-state index < -0.39 is 8.07 Å². The van der Waals surface area contributed by atoms with Gasteiger partial charge in [0.25, 0.3) is 0 Å². The standard InChI is InChI=1S/C20H36O4S4Si/c21-17(13-25)5-1-9-29(10-2-6-18(22)14-26,11-3-7-19(23)15-27)12-4-8-20(24)16-28/h25-28H,1-16H2. The van der Waals surface area contributed by atoms with Gasteiger partial charge in [-0.15, -0.1) is 0 Å². The zero-order valence-electron chi connectivity index (χ0n) is 17.2. The van der Waals surface area contributed by atoms with Crippen LogP contribution in [0, 0.1) is 0 Å². The number of carbonyl (C=O) groups excluding carboxylic acids is 4. The van der Waals surface area contributed by atoms with E-state index in [1.807, 2.05) is 0 Å². The molecule has 0 radical (unpaired) electrons. The van der Waals surface area contributed by atoms with E-state index in [-0.39, 0.29) is 46.1 Å². The van der Waals surface area contributed by atoms with Gasteiger partial charge in [-0.05, 0) is 25.7 Å². The molecule has 29 heavy (non-hydrogen) atoms. The molecule has 0 saturated heterocycles. The normalized spacial score (nSPS) is 11.4. The predicted octanol–water partition coefficient (Wildman–Crippen LogP) is 4.55. The molecule has 0 rings (SSSR count). The van der Waals surface area contributed by atoms with Crippen LogP contribution in [0.4, 0.5) is 0 Å². The van der Waals surface area contributed by atoms with Crippen molar-refractivity contribution in [1.82, 2.24) is 0 Å².